The van der Waals surface area contributed by atoms with Crippen molar-refractivity contribution in [3.05, 3.63) is 96.6 Å². The molecule has 1 unspecified atom stereocenters. The van der Waals surface area contributed by atoms with Crippen LogP contribution in [0.2, 0.25) is 0 Å². The van der Waals surface area contributed by atoms with E-state index in [1.54, 1.807) is 11.8 Å². The van der Waals surface area contributed by atoms with E-state index in [-0.39, 0.29) is 5.91 Å². The molecule has 0 spiro atoms. The van der Waals surface area contributed by atoms with Crippen LogP contribution in [0, 0.1) is 0 Å². The predicted octanol–water partition coefficient (Wildman–Crippen LogP) is 4.69. The Hall–Kier alpha value is -3.07. The third kappa shape index (κ3) is 4.48. The molecule has 0 aliphatic rings. The lowest BCUT2D eigenvalue weighted by atomic mass is 10.1. The van der Waals surface area contributed by atoms with Crippen LogP contribution in [0.5, 0.6) is 5.75 Å². The van der Waals surface area contributed by atoms with Crippen LogP contribution in [0.3, 0.4) is 0 Å². The molecule has 0 aliphatic heterocycles. The van der Waals surface area contributed by atoms with Gasteiger partial charge in [0.25, 0.3) is 5.91 Å². The molecular formula is C22H21NO2. The quantitative estimate of drug-likeness (QED) is 0.656. The van der Waals surface area contributed by atoms with E-state index in [1.165, 1.54) is 0 Å². The average molecular weight is 331 g/mol. The smallest absolute Gasteiger partial charge is 0.268 e. The van der Waals surface area contributed by atoms with Gasteiger partial charge >= 0.3 is 0 Å². The number of carbonyl (C=O) groups is 1. The Morgan fingerprint density at radius 3 is 1.96 bits per heavy atom. The highest BCUT2D eigenvalue weighted by atomic mass is 16.5. The first kappa shape index (κ1) is 16.8. The Bertz CT molecular complexity index is 788. The minimum absolute atomic E-state index is 0.0705. The van der Waals surface area contributed by atoms with E-state index in [0.29, 0.717) is 12.3 Å². The highest BCUT2D eigenvalue weighted by Crippen LogP contribution is 2.20. The molecule has 0 aliphatic carbocycles. The number of hydrogen-bond donors (Lipinski definition) is 0. The van der Waals surface area contributed by atoms with E-state index < -0.39 is 6.10 Å². The van der Waals surface area contributed by atoms with E-state index in [9.17, 15) is 4.79 Å². The number of ether oxygens (including phenoxy) is 1. The highest BCUT2D eigenvalue weighted by molar-refractivity contribution is 5.96. The van der Waals surface area contributed by atoms with Crippen molar-refractivity contribution in [2.24, 2.45) is 0 Å². The van der Waals surface area contributed by atoms with Gasteiger partial charge in [-0.15, -0.1) is 0 Å². The number of hydrogen-bond acceptors (Lipinski definition) is 2. The van der Waals surface area contributed by atoms with Crippen molar-refractivity contribution in [2.75, 3.05) is 4.90 Å². The molecule has 0 heterocycles. The highest BCUT2D eigenvalue weighted by Gasteiger charge is 2.23. The van der Waals surface area contributed by atoms with Crippen molar-refractivity contribution in [3.63, 3.8) is 0 Å². The zero-order valence-corrected chi connectivity index (χ0v) is 14.2. The Morgan fingerprint density at radius 2 is 1.36 bits per heavy atom. The normalized spacial score (nSPS) is 11.6. The first-order valence-electron chi connectivity index (χ1n) is 8.36. The molecule has 0 saturated carbocycles. The average Bonchev–Trinajstić information content (AvgIpc) is 2.68. The van der Waals surface area contributed by atoms with Crippen molar-refractivity contribution in [3.8, 4) is 5.75 Å². The van der Waals surface area contributed by atoms with Gasteiger partial charge in [0.15, 0.2) is 6.10 Å². The summed E-state index contributed by atoms with van der Waals surface area (Å²) in [4.78, 5) is 14.8. The van der Waals surface area contributed by atoms with Gasteiger partial charge < -0.3 is 9.64 Å². The fraction of sp³-hybridized carbons (Fsp3) is 0.136. The monoisotopic (exact) mass is 331 g/mol. The number of para-hydroxylation sites is 2. The van der Waals surface area contributed by atoms with Gasteiger partial charge in [-0.25, -0.2) is 0 Å². The first-order chi connectivity index (χ1) is 12.2. The largest absolute Gasteiger partial charge is 0.481 e. The predicted molar refractivity (Wildman–Crippen MR) is 101 cm³/mol. The minimum atomic E-state index is -0.577. The topological polar surface area (TPSA) is 29.5 Å². The number of rotatable bonds is 6. The molecule has 0 N–H and O–H groups in total. The third-order valence-corrected chi connectivity index (χ3v) is 3.92. The second-order valence-electron chi connectivity index (χ2n) is 5.82. The second-order valence-corrected chi connectivity index (χ2v) is 5.82. The summed E-state index contributed by atoms with van der Waals surface area (Å²) in [5, 5.41) is 0. The molecule has 0 fully saturated rings. The first-order valence-corrected chi connectivity index (χ1v) is 8.36. The van der Waals surface area contributed by atoms with Crippen LogP contribution in [0.15, 0.2) is 91.0 Å². The minimum Gasteiger partial charge on any atom is -0.481 e. The molecule has 3 nitrogen and oxygen atoms in total. The van der Waals surface area contributed by atoms with Gasteiger partial charge in [-0.2, -0.15) is 0 Å². The molecule has 1 atom stereocenters. The summed E-state index contributed by atoms with van der Waals surface area (Å²) in [6.07, 6.45) is -0.577. The maximum absolute atomic E-state index is 13.1. The Labute approximate surface area is 148 Å². The van der Waals surface area contributed by atoms with Crippen molar-refractivity contribution in [2.45, 2.75) is 19.6 Å². The number of carbonyl (C=O) groups excluding carboxylic acids is 1. The van der Waals surface area contributed by atoms with Crippen LogP contribution in [-0.4, -0.2) is 12.0 Å². The molecule has 0 bridgehead atoms. The van der Waals surface area contributed by atoms with Crippen LogP contribution in [0.1, 0.15) is 12.5 Å². The Morgan fingerprint density at radius 1 is 0.840 bits per heavy atom. The molecule has 0 saturated heterocycles. The number of amides is 1. The van der Waals surface area contributed by atoms with E-state index in [1.807, 2.05) is 91.0 Å². The van der Waals surface area contributed by atoms with Crippen LogP contribution in [-0.2, 0) is 11.3 Å². The van der Waals surface area contributed by atoms with Gasteiger partial charge in [-0.3, -0.25) is 4.79 Å². The SMILES string of the molecule is CC(Oc1ccccc1)C(=O)N(Cc1ccccc1)c1ccccc1. The van der Waals surface area contributed by atoms with Gasteiger partial charge in [0, 0.05) is 5.69 Å². The summed E-state index contributed by atoms with van der Waals surface area (Å²) in [5.74, 6) is 0.620. The van der Waals surface area contributed by atoms with Crippen LogP contribution >= 0.6 is 0 Å². The maximum Gasteiger partial charge on any atom is 0.268 e. The number of benzene rings is 3. The van der Waals surface area contributed by atoms with Crippen molar-refractivity contribution in [1.82, 2.24) is 0 Å². The molecule has 3 heteroatoms. The summed E-state index contributed by atoms with van der Waals surface area (Å²) in [6.45, 7) is 2.29. The standard InChI is InChI=1S/C22H21NO2/c1-18(25-21-15-9-4-10-16-21)22(24)23(20-13-7-3-8-14-20)17-19-11-5-2-6-12-19/h2-16,18H,17H2,1H3. The Kier molecular flexibility index (Phi) is 5.47. The molecule has 0 aromatic heterocycles. The zero-order chi connectivity index (χ0) is 17.5. The lowest BCUT2D eigenvalue weighted by molar-refractivity contribution is -0.124. The fourth-order valence-electron chi connectivity index (χ4n) is 2.64. The lowest BCUT2D eigenvalue weighted by Crippen LogP contribution is -2.40. The molecular weight excluding hydrogens is 310 g/mol. The van der Waals surface area contributed by atoms with Gasteiger partial charge in [-0.05, 0) is 36.8 Å². The summed E-state index contributed by atoms with van der Waals surface area (Å²) in [5.41, 5.74) is 1.94. The number of anilines is 1. The lowest BCUT2D eigenvalue weighted by Gasteiger charge is -2.26. The van der Waals surface area contributed by atoms with Gasteiger partial charge in [0.2, 0.25) is 0 Å². The van der Waals surface area contributed by atoms with Crippen LogP contribution in [0.4, 0.5) is 5.69 Å². The Balaban J connectivity index is 1.81. The summed E-state index contributed by atoms with van der Waals surface area (Å²) in [7, 11) is 0. The molecule has 126 valence electrons. The number of nitrogens with zero attached hydrogens (tertiary/aromatic N) is 1. The van der Waals surface area contributed by atoms with Crippen molar-refractivity contribution < 1.29 is 9.53 Å². The van der Waals surface area contributed by atoms with Gasteiger partial charge in [0.1, 0.15) is 5.75 Å². The third-order valence-electron chi connectivity index (χ3n) is 3.92. The molecule has 3 aromatic rings. The zero-order valence-electron chi connectivity index (χ0n) is 14.2. The summed E-state index contributed by atoms with van der Waals surface area (Å²) in [6, 6.07) is 29.1. The summed E-state index contributed by atoms with van der Waals surface area (Å²) < 4.78 is 5.83. The van der Waals surface area contributed by atoms with E-state index in [2.05, 4.69) is 0 Å². The van der Waals surface area contributed by atoms with Crippen LogP contribution in [0.25, 0.3) is 0 Å². The summed E-state index contributed by atoms with van der Waals surface area (Å²) >= 11 is 0. The molecule has 25 heavy (non-hydrogen) atoms. The molecule has 3 aromatic carbocycles. The van der Waals surface area contributed by atoms with Gasteiger partial charge in [0.05, 0.1) is 6.54 Å². The van der Waals surface area contributed by atoms with E-state index in [0.717, 1.165) is 11.3 Å². The molecule has 1 amide bonds. The van der Waals surface area contributed by atoms with Crippen molar-refractivity contribution in [1.29, 1.82) is 0 Å². The maximum atomic E-state index is 13.1. The second kappa shape index (κ2) is 8.15. The van der Waals surface area contributed by atoms with Crippen LogP contribution < -0.4 is 9.64 Å². The van der Waals surface area contributed by atoms with E-state index >= 15 is 0 Å². The van der Waals surface area contributed by atoms with Gasteiger partial charge in [-0.1, -0.05) is 66.7 Å². The fourth-order valence-corrected chi connectivity index (χ4v) is 2.64. The van der Waals surface area contributed by atoms with Crippen molar-refractivity contribution >= 4 is 11.6 Å². The van der Waals surface area contributed by atoms with E-state index in [4.69, 9.17) is 4.74 Å². The molecule has 3 rings (SSSR count). The molecule has 0 radical (unpaired) electrons.